The lowest BCUT2D eigenvalue weighted by atomic mass is 10.1. The zero-order chi connectivity index (χ0) is 18.8. The number of aliphatic imine (C=N–C) groups is 1. The van der Waals surface area contributed by atoms with Gasteiger partial charge in [0.05, 0.1) is 11.4 Å². The number of carbonyl (C=O) groups excluding carboxylic acids is 2. The molecule has 1 heterocycles. The maximum absolute atomic E-state index is 12.9. The molecule has 1 aliphatic heterocycles. The minimum atomic E-state index is -1.02. The van der Waals surface area contributed by atoms with Gasteiger partial charge in [-0.3, -0.25) is 19.5 Å². The molecule has 26 heavy (non-hydrogen) atoms. The molecule has 1 saturated heterocycles. The van der Waals surface area contributed by atoms with Crippen LogP contribution in [0.1, 0.15) is 16.7 Å². The summed E-state index contributed by atoms with van der Waals surface area (Å²) in [7, 11) is 0. The molecule has 0 aromatic heterocycles. The number of thiocarbonyl (C=S) groups is 1. The number of rotatable bonds is 3. The van der Waals surface area contributed by atoms with Gasteiger partial charge < -0.3 is 5.32 Å². The van der Waals surface area contributed by atoms with Gasteiger partial charge in [-0.15, -0.1) is 0 Å². The van der Waals surface area contributed by atoms with Crippen LogP contribution in [0, 0.1) is 26.7 Å². The summed E-state index contributed by atoms with van der Waals surface area (Å²) in [5.41, 5.74) is 4.65. The molecule has 2 aromatic carbocycles. The Kier molecular flexibility index (Phi) is 4.95. The van der Waals surface area contributed by atoms with Gasteiger partial charge in [-0.1, -0.05) is 23.8 Å². The molecule has 1 atom stereocenters. The standard InChI is InChI=1S/C20H19N3O2S/c1-12-4-8-16(9-5-12)23-19(25)17(18(24)22-20(23)26)11-21-15-7-6-13(2)14(3)10-15/h4-11,17H,1-3H3,(H,22,24,26)/t17-/m1/s1. The average molecular weight is 365 g/mol. The van der Waals surface area contributed by atoms with Crippen molar-refractivity contribution in [2.24, 2.45) is 10.9 Å². The number of anilines is 1. The number of amides is 2. The van der Waals surface area contributed by atoms with Gasteiger partial charge in [0.2, 0.25) is 5.91 Å². The van der Waals surface area contributed by atoms with E-state index in [-0.39, 0.29) is 5.11 Å². The van der Waals surface area contributed by atoms with E-state index in [1.54, 1.807) is 12.1 Å². The molecule has 2 aromatic rings. The lowest BCUT2D eigenvalue weighted by Gasteiger charge is -2.30. The number of hydrogen-bond acceptors (Lipinski definition) is 4. The third-order valence-corrected chi connectivity index (χ3v) is 4.64. The molecule has 2 amide bonds. The molecule has 0 unspecified atom stereocenters. The molecule has 0 radical (unpaired) electrons. The molecule has 6 heteroatoms. The quantitative estimate of drug-likeness (QED) is 0.515. The van der Waals surface area contributed by atoms with E-state index >= 15 is 0 Å². The Bertz CT molecular complexity index is 919. The first kappa shape index (κ1) is 17.9. The van der Waals surface area contributed by atoms with E-state index in [1.807, 2.05) is 51.1 Å². The first-order valence-corrected chi connectivity index (χ1v) is 8.64. The van der Waals surface area contributed by atoms with E-state index in [0.717, 1.165) is 16.7 Å². The normalized spacial score (nSPS) is 17.7. The Balaban J connectivity index is 1.88. The summed E-state index contributed by atoms with van der Waals surface area (Å²) >= 11 is 5.19. The molecule has 0 bridgehead atoms. The largest absolute Gasteiger partial charge is 0.301 e. The van der Waals surface area contributed by atoms with Crippen molar-refractivity contribution >= 4 is 46.7 Å². The second-order valence-electron chi connectivity index (χ2n) is 6.33. The van der Waals surface area contributed by atoms with Crippen LogP contribution in [0.4, 0.5) is 11.4 Å². The minimum absolute atomic E-state index is 0.0830. The average Bonchev–Trinajstić information content (AvgIpc) is 2.59. The molecular formula is C20H19N3O2S. The predicted molar refractivity (Wildman–Crippen MR) is 107 cm³/mol. The Morgan fingerprint density at radius 1 is 1.04 bits per heavy atom. The first-order valence-electron chi connectivity index (χ1n) is 8.24. The summed E-state index contributed by atoms with van der Waals surface area (Å²) in [6.07, 6.45) is 1.38. The molecular weight excluding hydrogens is 346 g/mol. The van der Waals surface area contributed by atoms with Gasteiger partial charge in [0.15, 0.2) is 11.0 Å². The number of nitrogens with zero attached hydrogens (tertiary/aromatic N) is 2. The Morgan fingerprint density at radius 2 is 1.73 bits per heavy atom. The van der Waals surface area contributed by atoms with Gasteiger partial charge in [0, 0.05) is 6.21 Å². The highest BCUT2D eigenvalue weighted by molar-refractivity contribution is 7.80. The lowest BCUT2D eigenvalue weighted by molar-refractivity contribution is -0.130. The third kappa shape index (κ3) is 3.55. The summed E-state index contributed by atoms with van der Waals surface area (Å²) in [6, 6.07) is 13.1. The van der Waals surface area contributed by atoms with Crippen LogP contribution in [0.15, 0.2) is 47.5 Å². The zero-order valence-corrected chi connectivity index (χ0v) is 15.6. The van der Waals surface area contributed by atoms with Crippen LogP contribution in [0.2, 0.25) is 0 Å². The van der Waals surface area contributed by atoms with Crippen molar-refractivity contribution in [3.05, 3.63) is 59.2 Å². The number of aryl methyl sites for hydroxylation is 3. The molecule has 0 spiro atoms. The second-order valence-corrected chi connectivity index (χ2v) is 6.71. The molecule has 5 nitrogen and oxygen atoms in total. The summed E-state index contributed by atoms with van der Waals surface area (Å²) in [4.78, 5) is 30.8. The van der Waals surface area contributed by atoms with Crippen molar-refractivity contribution in [2.75, 3.05) is 4.90 Å². The summed E-state index contributed by atoms with van der Waals surface area (Å²) in [5, 5.41) is 2.67. The van der Waals surface area contributed by atoms with Crippen LogP contribution in [0.25, 0.3) is 0 Å². The molecule has 0 saturated carbocycles. The summed E-state index contributed by atoms with van der Waals surface area (Å²) < 4.78 is 0. The van der Waals surface area contributed by atoms with E-state index in [0.29, 0.717) is 11.4 Å². The van der Waals surface area contributed by atoms with Crippen molar-refractivity contribution in [2.45, 2.75) is 20.8 Å². The number of nitrogens with one attached hydrogen (secondary N) is 1. The Hall–Kier alpha value is -2.86. The van der Waals surface area contributed by atoms with Gasteiger partial charge in [0.1, 0.15) is 0 Å². The van der Waals surface area contributed by atoms with Gasteiger partial charge in [0.25, 0.3) is 5.91 Å². The van der Waals surface area contributed by atoms with E-state index in [1.165, 1.54) is 11.1 Å². The van der Waals surface area contributed by atoms with E-state index in [4.69, 9.17) is 12.2 Å². The number of hydrogen-bond donors (Lipinski definition) is 1. The second kappa shape index (κ2) is 7.17. The molecule has 1 aliphatic rings. The van der Waals surface area contributed by atoms with Gasteiger partial charge in [-0.05, 0) is 68.4 Å². The predicted octanol–water partition coefficient (Wildman–Crippen LogP) is 3.38. The molecule has 1 N–H and O–H groups in total. The van der Waals surface area contributed by atoms with E-state index in [2.05, 4.69) is 10.3 Å². The molecule has 132 valence electrons. The van der Waals surface area contributed by atoms with Crippen LogP contribution in [0.3, 0.4) is 0 Å². The van der Waals surface area contributed by atoms with Crippen LogP contribution in [-0.4, -0.2) is 23.1 Å². The highest BCUT2D eigenvalue weighted by Crippen LogP contribution is 2.22. The van der Waals surface area contributed by atoms with Crippen LogP contribution in [0.5, 0.6) is 0 Å². The van der Waals surface area contributed by atoms with Crippen LogP contribution >= 0.6 is 12.2 Å². The van der Waals surface area contributed by atoms with Crippen LogP contribution in [-0.2, 0) is 9.59 Å². The van der Waals surface area contributed by atoms with Crippen LogP contribution < -0.4 is 10.2 Å². The van der Waals surface area contributed by atoms with E-state index in [9.17, 15) is 9.59 Å². The van der Waals surface area contributed by atoms with Gasteiger partial charge in [-0.25, -0.2) is 0 Å². The Labute approximate surface area is 157 Å². The Morgan fingerprint density at radius 3 is 2.38 bits per heavy atom. The maximum Gasteiger partial charge on any atom is 0.251 e. The van der Waals surface area contributed by atoms with Gasteiger partial charge in [-0.2, -0.15) is 0 Å². The SMILES string of the molecule is Cc1ccc(N2C(=O)[C@H](C=Nc3ccc(C)c(C)c3)C(=O)NC2=S)cc1. The molecule has 0 aliphatic carbocycles. The fraction of sp³-hybridized carbons (Fsp3) is 0.200. The fourth-order valence-corrected chi connectivity index (χ4v) is 2.92. The number of benzene rings is 2. The smallest absolute Gasteiger partial charge is 0.251 e. The fourth-order valence-electron chi connectivity index (χ4n) is 2.63. The molecule has 3 rings (SSSR count). The minimum Gasteiger partial charge on any atom is -0.301 e. The topological polar surface area (TPSA) is 61.8 Å². The first-order chi connectivity index (χ1) is 12.4. The molecule has 1 fully saturated rings. The van der Waals surface area contributed by atoms with Crippen molar-refractivity contribution < 1.29 is 9.59 Å². The van der Waals surface area contributed by atoms with Crippen molar-refractivity contribution in [1.29, 1.82) is 0 Å². The van der Waals surface area contributed by atoms with Crippen molar-refractivity contribution in [3.8, 4) is 0 Å². The summed E-state index contributed by atoms with van der Waals surface area (Å²) in [5.74, 6) is -1.89. The highest BCUT2D eigenvalue weighted by atomic mass is 32.1. The van der Waals surface area contributed by atoms with Crippen molar-refractivity contribution in [1.82, 2.24) is 5.32 Å². The lowest BCUT2D eigenvalue weighted by Crippen LogP contribution is -2.58. The highest BCUT2D eigenvalue weighted by Gasteiger charge is 2.38. The van der Waals surface area contributed by atoms with Crippen molar-refractivity contribution in [3.63, 3.8) is 0 Å². The maximum atomic E-state index is 12.9. The zero-order valence-electron chi connectivity index (χ0n) is 14.8. The number of carbonyl (C=O) groups is 2. The van der Waals surface area contributed by atoms with Gasteiger partial charge >= 0.3 is 0 Å². The summed E-state index contributed by atoms with van der Waals surface area (Å²) in [6.45, 7) is 5.96. The third-order valence-electron chi connectivity index (χ3n) is 4.36. The van der Waals surface area contributed by atoms with E-state index < -0.39 is 17.7 Å². The monoisotopic (exact) mass is 365 g/mol.